The lowest BCUT2D eigenvalue weighted by Gasteiger charge is -2.09. The van der Waals surface area contributed by atoms with E-state index in [1.54, 1.807) is 6.92 Å². The molecule has 1 rings (SSSR count). The van der Waals surface area contributed by atoms with Gasteiger partial charge < -0.3 is 9.47 Å². The van der Waals surface area contributed by atoms with Crippen LogP contribution in [0.3, 0.4) is 0 Å². The van der Waals surface area contributed by atoms with Crippen molar-refractivity contribution in [2.75, 3.05) is 19.8 Å². The summed E-state index contributed by atoms with van der Waals surface area (Å²) in [5.41, 5.74) is 0.799. The van der Waals surface area contributed by atoms with Crippen molar-refractivity contribution in [3.05, 3.63) is 29.3 Å². The molecule has 1 aromatic carbocycles. The summed E-state index contributed by atoms with van der Waals surface area (Å²) in [6, 6.07) is 4.08. The highest BCUT2D eigenvalue weighted by atomic mass is 35.7. The van der Waals surface area contributed by atoms with Gasteiger partial charge in [0.2, 0.25) is 0 Å². The fraction of sp³-hybridized carbons (Fsp3) is 0.500. The van der Waals surface area contributed by atoms with E-state index in [1.807, 2.05) is 13.8 Å². The molecular formula is C14H19ClO5S. The number of ether oxygens (including phenoxy) is 2. The van der Waals surface area contributed by atoms with E-state index >= 15 is 0 Å². The van der Waals surface area contributed by atoms with Crippen molar-refractivity contribution in [2.45, 2.75) is 25.7 Å². The molecule has 21 heavy (non-hydrogen) atoms. The monoisotopic (exact) mass is 334 g/mol. The van der Waals surface area contributed by atoms with E-state index in [1.165, 1.54) is 18.2 Å². The Labute approximate surface area is 129 Å². The Balaban J connectivity index is 2.66. The average Bonchev–Trinajstić information content (AvgIpc) is 2.36. The maximum absolute atomic E-state index is 11.9. The molecule has 0 aliphatic carbocycles. The number of hydrogen-bond donors (Lipinski definition) is 0. The number of aryl methyl sites for hydroxylation is 1. The predicted octanol–water partition coefficient (Wildman–Crippen LogP) is 2.75. The Bertz CT molecular complexity index is 595. The Morgan fingerprint density at radius 3 is 2.52 bits per heavy atom. The van der Waals surface area contributed by atoms with Crippen LogP contribution in [0.5, 0.6) is 0 Å². The summed E-state index contributed by atoms with van der Waals surface area (Å²) in [6.07, 6.45) is 0. The zero-order valence-electron chi connectivity index (χ0n) is 12.3. The second-order valence-corrected chi connectivity index (χ2v) is 7.59. The molecule has 0 atom stereocenters. The van der Waals surface area contributed by atoms with Crippen molar-refractivity contribution >= 4 is 25.7 Å². The molecule has 0 saturated carbocycles. The summed E-state index contributed by atoms with van der Waals surface area (Å²) in [5, 5.41) is 0. The van der Waals surface area contributed by atoms with Gasteiger partial charge in [0.1, 0.15) is 6.61 Å². The van der Waals surface area contributed by atoms with Crippen molar-refractivity contribution in [1.29, 1.82) is 0 Å². The number of carbonyl (C=O) groups excluding carboxylic acids is 1. The standard InChI is InChI=1S/C14H19ClO5S/c1-10(2)9-19-6-7-20-14(16)13-8-12(21(15,17)18)5-4-11(13)3/h4-5,8,10H,6-7,9H2,1-3H3. The quantitative estimate of drug-likeness (QED) is 0.435. The molecule has 0 unspecified atom stereocenters. The first-order chi connectivity index (χ1) is 9.71. The van der Waals surface area contributed by atoms with E-state index in [4.69, 9.17) is 20.2 Å². The molecule has 118 valence electrons. The van der Waals surface area contributed by atoms with Crippen LogP contribution < -0.4 is 0 Å². The van der Waals surface area contributed by atoms with Crippen LogP contribution in [0.2, 0.25) is 0 Å². The summed E-state index contributed by atoms with van der Waals surface area (Å²) >= 11 is 0. The summed E-state index contributed by atoms with van der Waals surface area (Å²) in [4.78, 5) is 11.8. The molecule has 5 nitrogen and oxygen atoms in total. The van der Waals surface area contributed by atoms with E-state index in [9.17, 15) is 13.2 Å². The van der Waals surface area contributed by atoms with Crippen LogP contribution in [0.1, 0.15) is 29.8 Å². The molecule has 0 aliphatic rings. The lowest BCUT2D eigenvalue weighted by molar-refractivity contribution is 0.0277. The van der Waals surface area contributed by atoms with Gasteiger partial charge in [-0.15, -0.1) is 0 Å². The molecule has 0 fully saturated rings. The van der Waals surface area contributed by atoms with Gasteiger partial charge in [-0.1, -0.05) is 19.9 Å². The minimum atomic E-state index is -3.87. The van der Waals surface area contributed by atoms with Crippen molar-refractivity contribution < 1.29 is 22.7 Å². The maximum Gasteiger partial charge on any atom is 0.338 e. The third kappa shape index (κ3) is 6.03. The SMILES string of the molecule is Cc1ccc(S(=O)(=O)Cl)cc1C(=O)OCCOCC(C)C. The fourth-order valence-electron chi connectivity index (χ4n) is 1.56. The number of benzene rings is 1. The zero-order chi connectivity index (χ0) is 16.0. The molecule has 0 aliphatic heterocycles. The van der Waals surface area contributed by atoms with Gasteiger partial charge in [-0.05, 0) is 30.5 Å². The lowest BCUT2D eigenvalue weighted by atomic mass is 10.1. The molecule has 7 heteroatoms. The first-order valence-corrected chi connectivity index (χ1v) is 8.83. The fourth-order valence-corrected chi connectivity index (χ4v) is 2.34. The lowest BCUT2D eigenvalue weighted by Crippen LogP contribution is -2.14. The van der Waals surface area contributed by atoms with Crippen molar-refractivity contribution in [3.63, 3.8) is 0 Å². The summed E-state index contributed by atoms with van der Waals surface area (Å²) in [7, 11) is 1.39. The van der Waals surface area contributed by atoms with E-state index < -0.39 is 15.0 Å². The van der Waals surface area contributed by atoms with E-state index in [-0.39, 0.29) is 17.1 Å². The van der Waals surface area contributed by atoms with Crippen LogP contribution in [0.4, 0.5) is 0 Å². The minimum Gasteiger partial charge on any atom is -0.460 e. The van der Waals surface area contributed by atoms with Gasteiger partial charge in [0, 0.05) is 17.3 Å². The minimum absolute atomic E-state index is 0.114. The van der Waals surface area contributed by atoms with Crippen molar-refractivity contribution in [3.8, 4) is 0 Å². The summed E-state index contributed by atoms with van der Waals surface area (Å²) in [6.45, 7) is 6.74. The van der Waals surface area contributed by atoms with Gasteiger partial charge in [0.05, 0.1) is 17.1 Å². The van der Waals surface area contributed by atoms with Crippen LogP contribution in [0.25, 0.3) is 0 Å². The molecule has 0 aromatic heterocycles. The van der Waals surface area contributed by atoms with Crippen molar-refractivity contribution in [2.24, 2.45) is 5.92 Å². The van der Waals surface area contributed by atoms with Crippen LogP contribution in [0, 0.1) is 12.8 Å². The molecule has 0 amide bonds. The van der Waals surface area contributed by atoms with Gasteiger partial charge in [-0.3, -0.25) is 0 Å². The van der Waals surface area contributed by atoms with Crippen LogP contribution in [-0.4, -0.2) is 34.2 Å². The van der Waals surface area contributed by atoms with Gasteiger partial charge in [-0.25, -0.2) is 13.2 Å². The van der Waals surface area contributed by atoms with Gasteiger partial charge in [0.15, 0.2) is 0 Å². The zero-order valence-corrected chi connectivity index (χ0v) is 13.8. The van der Waals surface area contributed by atoms with Gasteiger partial charge >= 0.3 is 5.97 Å². The molecule has 0 radical (unpaired) electrons. The Kier molecular flexibility index (Phi) is 6.64. The van der Waals surface area contributed by atoms with E-state index in [2.05, 4.69) is 0 Å². The Morgan fingerprint density at radius 1 is 1.29 bits per heavy atom. The Morgan fingerprint density at radius 2 is 1.95 bits per heavy atom. The molecule has 0 spiro atoms. The third-order valence-electron chi connectivity index (χ3n) is 2.62. The second-order valence-electron chi connectivity index (χ2n) is 5.02. The normalized spacial score (nSPS) is 11.7. The maximum atomic E-state index is 11.9. The summed E-state index contributed by atoms with van der Waals surface area (Å²) < 4.78 is 32.9. The molecule has 1 aromatic rings. The van der Waals surface area contributed by atoms with Crippen molar-refractivity contribution in [1.82, 2.24) is 0 Å². The summed E-state index contributed by atoms with van der Waals surface area (Å²) in [5.74, 6) is -0.184. The Hall–Kier alpha value is -1.11. The first kappa shape index (κ1) is 17.9. The highest BCUT2D eigenvalue weighted by Gasteiger charge is 2.16. The van der Waals surface area contributed by atoms with Crippen LogP contribution >= 0.6 is 10.7 Å². The molecule has 0 heterocycles. The highest BCUT2D eigenvalue weighted by Crippen LogP contribution is 2.19. The first-order valence-electron chi connectivity index (χ1n) is 6.52. The van der Waals surface area contributed by atoms with E-state index in [0.717, 1.165) is 0 Å². The number of hydrogen-bond acceptors (Lipinski definition) is 5. The smallest absolute Gasteiger partial charge is 0.338 e. The number of rotatable bonds is 7. The largest absolute Gasteiger partial charge is 0.460 e. The highest BCUT2D eigenvalue weighted by molar-refractivity contribution is 8.13. The number of halogens is 1. The average molecular weight is 335 g/mol. The number of carbonyl (C=O) groups is 1. The van der Waals surface area contributed by atoms with Gasteiger partial charge in [0.25, 0.3) is 9.05 Å². The van der Waals surface area contributed by atoms with Gasteiger partial charge in [-0.2, -0.15) is 0 Å². The van der Waals surface area contributed by atoms with Crippen LogP contribution in [0.15, 0.2) is 23.1 Å². The molecule has 0 N–H and O–H groups in total. The molecular weight excluding hydrogens is 316 g/mol. The van der Waals surface area contributed by atoms with E-state index in [0.29, 0.717) is 24.7 Å². The molecule has 0 bridgehead atoms. The molecule has 0 saturated heterocycles. The second kappa shape index (κ2) is 7.77. The predicted molar refractivity (Wildman–Crippen MR) is 80.2 cm³/mol. The number of esters is 1. The third-order valence-corrected chi connectivity index (χ3v) is 3.97. The topological polar surface area (TPSA) is 69.7 Å². The van der Waals surface area contributed by atoms with Crippen LogP contribution in [-0.2, 0) is 18.5 Å².